The maximum atomic E-state index is 3.83. The van der Waals surface area contributed by atoms with Crippen molar-refractivity contribution in [3.8, 4) is 0 Å². The zero-order valence-corrected chi connectivity index (χ0v) is 12.1. The molecule has 0 aliphatic heterocycles. The molecule has 1 aromatic carbocycles. The van der Waals surface area contributed by atoms with E-state index >= 15 is 0 Å². The Hall–Kier alpha value is -0.860. The lowest BCUT2D eigenvalue weighted by Crippen LogP contribution is -2.40. The van der Waals surface area contributed by atoms with E-state index in [0.717, 1.165) is 6.54 Å². The monoisotopic (exact) mass is 246 g/mol. The van der Waals surface area contributed by atoms with E-state index in [9.17, 15) is 0 Å². The normalized spacial score (nSPS) is 20.7. The smallest absolute Gasteiger partial charge is 0.0451 e. The fraction of sp³-hybridized carbons (Fsp3) is 0.625. The van der Waals surface area contributed by atoms with Crippen LogP contribution in [-0.2, 0) is 0 Å². The van der Waals surface area contributed by atoms with Gasteiger partial charge in [-0.25, -0.2) is 0 Å². The van der Waals surface area contributed by atoms with E-state index in [1.807, 2.05) is 0 Å². The van der Waals surface area contributed by atoms with Gasteiger partial charge in [-0.1, -0.05) is 37.3 Å². The maximum Gasteiger partial charge on any atom is 0.0451 e. The van der Waals surface area contributed by atoms with E-state index in [1.165, 1.54) is 18.4 Å². The SMILES string of the molecule is CC(NC(CN(C)C)c1ccccc1)C1(C)CC1. The van der Waals surface area contributed by atoms with Crippen LogP contribution in [0.1, 0.15) is 38.3 Å². The molecule has 1 aliphatic carbocycles. The van der Waals surface area contributed by atoms with Gasteiger partial charge in [0.25, 0.3) is 0 Å². The molecule has 1 aliphatic rings. The first-order valence-corrected chi connectivity index (χ1v) is 6.97. The van der Waals surface area contributed by atoms with Gasteiger partial charge in [-0.15, -0.1) is 0 Å². The highest BCUT2D eigenvalue weighted by Crippen LogP contribution is 2.48. The van der Waals surface area contributed by atoms with Crippen LogP contribution in [0.15, 0.2) is 30.3 Å². The third kappa shape index (κ3) is 3.33. The Morgan fingerprint density at radius 2 is 1.83 bits per heavy atom. The third-order valence-corrected chi connectivity index (χ3v) is 4.28. The van der Waals surface area contributed by atoms with Crippen molar-refractivity contribution in [2.45, 2.75) is 38.8 Å². The van der Waals surface area contributed by atoms with Crippen molar-refractivity contribution in [2.24, 2.45) is 5.41 Å². The Labute approximate surface area is 111 Å². The molecule has 2 atom stereocenters. The van der Waals surface area contributed by atoms with Crippen molar-refractivity contribution in [2.75, 3.05) is 20.6 Å². The quantitative estimate of drug-likeness (QED) is 0.830. The number of hydrogen-bond donors (Lipinski definition) is 1. The Kier molecular flexibility index (Phi) is 4.08. The third-order valence-electron chi connectivity index (χ3n) is 4.28. The molecule has 2 nitrogen and oxygen atoms in total. The summed E-state index contributed by atoms with van der Waals surface area (Å²) in [6.45, 7) is 5.77. The molecule has 1 aromatic rings. The molecule has 0 spiro atoms. The van der Waals surface area contributed by atoms with E-state index in [2.05, 4.69) is 68.5 Å². The molecule has 1 saturated carbocycles. The summed E-state index contributed by atoms with van der Waals surface area (Å²) in [4.78, 5) is 2.26. The predicted octanol–water partition coefficient (Wildman–Crippen LogP) is 3.07. The summed E-state index contributed by atoms with van der Waals surface area (Å²) in [5.74, 6) is 0. The average Bonchev–Trinajstić information content (AvgIpc) is 3.08. The van der Waals surface area contributed by atoms with Crippen LogP contribution in [-0.4, -0.2) is 31.6 Å². The van der Waals surface area contributed by atoms with Gasteiger partial charge in [0, 0.05) is 18.6 Å². The van der Waals surface area contributed by atoms with E-state index in [1.54, 1.807) is 0 Å². The van der Waals surface area contributed by atoms with Crippen molar-refractivity contribution in [1.82, 2.24) is 10.2 Å². The van der Waals surface area contributed by atoms with Gasteiger partial charge in [-0.3, -0.25) is 0 Å². The summed E-state index contributed by atoms with van der Waals surface area (Å²) >= 11 is 0. The lowest BCUT2D eigenvalue weighted by atomic mass is 9.97. The molecule has 0 radical (unpaired) electrons. The molecule has 0 bridgehead atoms. The van der Waals surface area contributed by atoms with Crippen molar-refractivity contribution >= 4 is 0 Å². The minimum atomic E-state index is 0.425. The Balaban J connectivity index is 2.05. The number of benzene rings is 1. The highest BCUT2D eigenvalue weighted by Gasteiger charge is 2.43. The average molecular weight is 246 g/mol. The van der Waals surface area contributed by atoms with Crippen molar-refractivity contribution in [1.29, 1.82) is 0 Å². The minimum absolute atomic E-state index is 0.425. The molecule has 1 N–H and O–H groups in total. The van der Waals surface area contributed by atoms with Crippen LogP contribution in [0.4, 0.5) is 0 Å². The standard InChI is InChI=1S/C16H26N2/c1-13(16(2)10-11-16)17-15(12-18(3)4)14-8-6-5-7-9-14/h5-9,13,15,17H,10-12H2,1-4H3. The number of nitrogens with one attached hydrogen (secondary N) is 1. The van der Waals surface area contributed by atoms with Crippen LogP contribution in [0, 0.1) is 5.41 Å². The van der Waals surface area contributed by atoms with E-state index < -0.39 is 0 Å². The number of hydrogen-bond acceptors (Lipinski definition) is 2. The molecular formula is C16H26N2. The number of likely N-dealkylation sites (N-methyl/N-ethyl adjacent to an activating group) is 1. The number of nitrogens with zero attached hydrogens (tertiary/aromatic N) is 1. The van der Waals surface area contributed by atoms with Gasteiger partial charge in [0.05, 0.1) is 0 Å². The van der Waals surface area contributed by atoms with Crippen LogP contribution in [0.5, 0.6) is 0 Å². The van der Waals surface area contributed by atoms with Gasteiger partial charge in [0.2, 0.25) is 0 Å². The van der Waals surface area contributed by atoms with Gasteiger partial charge in [-0.05, 0) is 44.8 Å². The van der Waals surface area contributed by atoms with Crippen molar-refractivity contribution in [3.05, 3.63) is 35.9 Å². The highest BCUT2D eigenvalue weighted by atomic mass is 15.1. The van der Waals surface area contributed by atoms with Gasteiger partial charge in [0.15, 0.2) is 0 Å². The maximum absolute atomic E-state index is 3.83. The molecule has 0 amide bonds. The van der Waals surface area contributed by atoms with E-state index in [0.29, 0.717) is 17.5 Å². The first kappa shape index (κ1) is 13.6. The van der Waals surface area contributed by atoms with Gasteiger partial charge >= 0.3 is 0 Å². The molecular weight excluding hydrogens is 220 g/mol. The Bertz CT molecular complexity index is 368. The zero-order valence-electron chi connectivity index (χ0n) is 12.1. The molecule has 0 aromatic heterocycles. The summed E-state index contributed by atoms with van der Waals surface area (Å²) in [5, 5.41) is 3.83. The summed E-state index contributed by atoms with van der Waals surface area (Å²) in [6.07, 6.45) is 2.73. The highest BCUT2D eigenvalue weighted by molar-refractivity contribution is 5.20. The first-order chi connectivity index (χ1) is 8.51. The second-order valence-electron chi connectivity index (χ2n) is 6.27. The van der Waals surface area contributed by atoms with E-state index in [4.69, 9.17) is 0 Å². The molecule has 2 unspecified atom stereocenters. The summed E-state index contributed by atoms with van der Waals surface area (Å²) in [5.41, 5.74) is 1.92. The summed E-state index contributed by atoms with van der Waals surface area (Å²) in [6, 6.07) is 11.8. The molecule has 2 rings (SSSR count). The lowest BCUT2D eigenvalue weighted by Gasteiger charge is -2.29. The predicted molar refractivity (Wildman–Crippen MR) is 77.7 cm³/mol. The molecule has 1 fully saturated rings. The molecule has 0 saturated heterocycles. The fourth-order valence-corrected chi connectivity index (χ4v) is 2.44. The van der Waals surface area contributed by atoms with Crippen LogP contribution < -0.4 is 5.32 Å². The molecule has 2 heteroatoms. The minimum Gasteiger partial charge on any atom is -0.308 e. The first-order valence-electron chi connectivity index (χ1n) is 6.97. The fourth-order valence-electron chi connectivity index (χ4n) is 2.44. The molecule has 18 heavy (non-hydrogen) atoms. The van der Waals surface area contributed by atoms with Crippen molar-refractivity contribution < 1.29 is 0 Å². The van der Waals surface area contributed by atoms with Crippen LogP contribution >= 0.6 is 0 Å². The Morgan fingerprint density at radius 1 is 1.22 bits per heavy atom. The second kappa shape index (κ2) is 5.41. The zero-order chi connectivity index (χ0) is 13.2. The van der Waals surface area contributed by atoms with Crippen molar-refractivity contribution in [3.63, 3.8) is 0 Å². The topological polar surface area (TPSA) is 15.3 Å². The molecule has 0 heterocycles. The van der Waals surface area contributed by atoms with Gasteiger partial charge in [0.1, 0.15) is 0 Å². The largest absolute Gasteiger partial charge is 0.308 e. The van der Waals surface area contributed by atoms with Crippen LogP contribution in [0.2, 0.25) is 0 Å². The summed E-state index contributed by atoms with van der Waals surface area (Å²) < 4.78 is 0. The molecule has 100 valence electrons. The summed E-state index contributed by atoms with van der Waals surface area (Å²) in [7, 11) is 4.28. The van der Waals surface area contributed by atoms with Crippen LogP contribution in [0.25, 0.3) is 0 Å². The van der Waals surface area contributed by atoms with E-state index in [-0.39, 0.29) is 0 Å². The Morgan fingerprint density at radius 3 is 2.33 bits per heavy atom. The second-order valence-corrected chi connectivity index (χ2v) is 6.27. The number of rotatable bonds is 6. The van der Waals surface area contributed by atoms with Gasteiger partial charge < -0.3 is 10.2 Å². The van der Waals surface area contributed by atoms with Crippen LogP contribution in [0.3, 0.4) is 0 Å². The van der Waals surface area contributed by atoms with Gasteiger partial charge in [-0.2, -0.15) is 0 Å². The lowest BCUT2D eigenvalue weighted by molar-refractivity contribution is 0.285.